The standard InChI is InChI=1S/C11H9F2NO5/c12-7-2-1-6(3-8(7)13)11(19)14(4-9(15)16)5-10(17)18/h1-3H,4-5H2,(H,15,16)(H,17,18). The van der Waals surface area contributed by atoms with E-state index in [1.165, 1.54) is 0 Å². The van der Waals surface area contributed by atoms with Crippen LogP contribution in [0.5, 0.6) is 0 Å². The molecule has 0 aliphatic rings. The van der Waals surface area contributed by atoms with Gasteiger partial charge in [0, 0.05) is 5.56 Å². The number of rotatable bonds is 5. The summed E-state index contributed by atoms with van der Waals surface area (Å²) in [5.74, 6) is -6.30. The second-order valence-corrected chi connectivity index (χ2v) is 3.58. The van der Waals surface area contributed by atoms with Crippen LogP contribution >= 0.6 is 0 Å². The molecule has 0 bridgehead atoms. The number of benzene rings is 1. The molecule has 1 aromatic rings. The lowest BCUT2D eigenvalue weighted by Gasteiger charge is -2.18. The molecule has 0 heterocycles. The first kappa shape index (κ1) is 14.6. The molecule has 0 saturated heterocycles. The average Bonchev–Trinajstić information content (AvgIpc) is 2.29. The van der Waals surface area contributed by atoms with Crippen LogP contribution in [-0.2, 0) is 9.59 Å². The van der Waals surface area contributed by atoms with E-state index >= 15 is 0 Å². The summed E-state index contributed by atoms with van der Waals surface area (Å²) in [6, 6.07) is 2.22. The van der Waals surface area contributed by atoms with Crippen molar-refractivity contribution < 1.29 is 33.4 Å². The number of hydrogen-bond donors (Lipinski definition) is 2. The number of aliphatic carboxylic acids is 2. The molecule has 8 heteroatoms. The molecule has 0 atom stereocenters. The normalized spacial score (nSPS) is 10.0. The number of nitrogens with zero attached hydrogens (tertiary/aromatic N) is 1. The zero-order valence-electron chi connectivity index (χ0n) is 9.47. The molecular formula is C11H9F2NO5. The third kappa shape index (κ3) is 4.02. The van der Waals surface area contributed by atoms with Crippen molar-refractivity contribution >= 4 is 17.8 Å². The van der Waals surface area contributed by atoms with E-state index in [-0.39, 0.29) is 5.56 Å². The van der Waals surface area contributed by atoms with Crippen LogP contribution in [0.25, 0.3) is 0 Å². The molecule has 6 nitrogen and oxygen atoms in total. The van der Waals surface area contributed by atoms with Crippen LogP contribution in [-0.4, -0.2) is 46.0 Å². The Hall–Kier alpha value is -2.51. The van der Waals surface area contributed by atoms with Gasteiger partial charge in [0.15, 0.2) is 11.6 Å². The third-order valence-corrected chi connectivity index (χ3v) is 2.11. The second-order valence-electron chi connectivity index (χ2n) is 3.58. The summed E-state index contributed by atoms with van der Waals surface area (Å²) in [6.07, 6.45) is 0. The van der Waals surface area contributed by atoms with E-state index in [4.69, 9.17) is 10.2 Å². The zero-order valence-corrected chi connectivity index (χ0v) is 9.47. The van der Waals surface area contributed by atoms with Crippen molar-refractivity contribution in [1.29, 1.82) is 0 Å². The third-order valence-electron chi connectivity index (χ3n) is 2.11. The molecule has 102 valence electrons. The van der Waals surface area contributed by atoms with Gasteiger partial charge in [-0.05, 0) is 18.2 Å². The van der Waals surface area contributed by atoms with Crippen LogP contribution in [0.2, 0.25) is 0 Å². The predicted molar refractivity (Wildman–Crippen MR) is 57.5 cm³/mol. The monoisotopic (exact) mass is 273 g/mol. The topological polar surface area (TPSA) is 94.9 Å². The van der Waals surface area contributed by atoms with Gasteiger partial charge in [-0.3, -0.25) is 14.4 Å². The molecule has 19 heavy (non-hydrogen) atoms. The molecular weight excluding hydrogens is 264 g/mol. The van der Waals surface area contributed by atoms with Crippen LogP contribution in [0.15, 0.2) is 18.2 Å². The van der Waals surface area contributed by atoms with Crippen molar-refractivity contribution in [2.45, 2.75) is 0 Å². The van der Waals surface area contributed by atoms with Gasteiger partial charge < -0.3 is 15.1 Å². The van der Waals surface area contributed by atoms with E-state index in [0.29, 0.717) is 17.0 Å². The van der Waals surface area contributed by atoms with Gasteiger partial charge in [0.05, 0.1) is 0 Å². The van der Waals surface area contributed by atoms with Crippen molar-refractivity contribution in [3.63, 3.8) is 0 Å². The van der Waals surface area contributed by atoms with E-state index in [1.807, 2.05) is 0 Å². The van der Waals surface area contributed by atoms with Crippen molar-refractivity contribution in [1.82, 2.24) is 4.90 Å². The summed E-state index contributed by atoms with van der Waals surface area (Å²) in [5.41, 5.74) is -0.332. The van der Waals surface area contributed by atoms with Gasteiger partial charge in [-0.25, -0.2) is 8.78 Å². The lowest BCUT2D eigenvalue weighted by Crippen LogP contribution is -2.39. The van der Waals surface area contributed by atoms with E-state index in [1.54, 1.807) is 0 Å². The fourth-order valence-corrected chi connectivity index (χ4v) is 1.34. The summed E-state index contributed by atoms with van der Waals surface area (Å²) in [6.45, 7) is -1.71. The molecule has 1 aromatic carbocycles. The Morgan fingerprint density at radius 2 is 1.53 bits per heavy atom. The largest absolute Gasteiger partial charge is 0.480 e. The minimum absolute atomic E-state index is 0.332. The molecule has 0 radical (unpaired) electrons. The van der Waals surface area contributed by atoms with E-state index in [2.05, 4.69) is 0 Å². The molecule has 0 spiro atoms. The van der Waals surface area contributed by atoms with Gasteiger partial charge in [-0.1, -0.05) is 0 Å². The SMILES string of the molecule is O=C(O)CN(CC(=O)O)C(=O)c1ccc(F)c(F)c1. The number of carbonyl (C=O) groups is 3. The van der Waals surface area contributed by atoms with Crippen molar-refractivity contribution in [2.75, 3.05) is 13.1 Å². The minimum atomic E-state index is -1.42. The fraction of sp³-hybridized carbons (Fsp3) is 0.182. The molecule has 0 aliphatic heterocycles. The van der Waals surface area contributed by atoms with Gasteiger partial charge in [0.25, 0.3) is 5.91 Å². The Morgan fingerprint density at radius 1 is 1.00 bits per heavy atom. The maximum atomic E-state index is 12.9. The number of carboxylic acids is 2. The van der Waals surface area contributed by atoms with Gasteiger partial charge in [-0.2, -0.15) is 0 Å². The summed E-state index contributed by atoms with van der Waals surface area (Å²) in [5, 5.41) is 17.1. The van der Waals surface area contributed by atoms with Crippen LogP contribution in [0.4, 0.5) is 8.78 Å². The highest BCUT2D eigenvalue weighted by molar-refractivity contribution is 5.97. The lowest BCUT2D eigenvalue weighted by atomic mass is 10.2. The number of carbonyl (C=O) groups excluding carboxylic acids is 1. The number of halogens is 2. The summed E-state index contributed by atoms with van der Waals surface area (Å²) >= 11 is 0. The summed E-state index contributed by atoms with van der Waals surface area (Å²) in [4.78, 5) is 33.3. The van der Waals surface area contributed by atoms with Crippen LogP contribution in [0.1, 0.15) is 10.4 Å². The van der Waals surface area contributed by atoms with E-state index in [9.17, 15) is 23.2 Å². The Labute approximate surface area is 105 Å². The molecule has 0 unspecified atom stereocenters. The lowest BCUT2D eigenvalue weighted by molar-refractivity contribution is -0.140. The highest BCUT2D eigenvalue weighted by Gasteiger charge is 2.21. The molecule has 1 amide bonds. The van der Waals surface area contributed by atoms with E-state index < -0.39 is 42.6 Å². The van der Waals surface area contributed by atoms with E-state index in [0.717, 1.165) is 6.07 Å². The maximum absolute atomic E-state index is 12.9. The molecule has 0 saturated carbocycles. The van der Waals surface area contributed by atoms with Crippen molar-refractivity contribution in [2.24, 2.45) is 0 Å². The first-order valence-corrected chi connectivity index (χ1v) is 4.99. The fourth-order valence-electron chi connectivity index (χ4n) is 1.34. The van der Waals surface area contributed by atoms with Crippen molar-refractivity contribution in [3.05, 3.63) is 35.4 Å². The Balaban J connectivity index is 3.00. The smallest absolute Gasteiger partial charge is 0.323 e. The molecule has 0 aliphatic carbocycles. The highest BCUT2D eigenvalue weighted by atomic mass is 19.2. The first-order chi connectivity index (χ1) is 8.81. The quantitative estimate of drug-likeness (QED) is 0.818. The molecule has 0 fully saturated rings. The molecule has 0 aromatic heterocycles. The van der Waals surface area contributed by atoms with Crippen molar-refractivity contribution in [3.8, 4) is 0 Å². The van der Waals surface area contributed by atoms with Crippen LogP contribution in [0, 0.1) is 11.6 Å². The van der Waals surface area contributed by atoms with Gasteiger partial charge in [0.1, 0.15) is 13.1 Å². The Bertz CT molecular complexity index is 516. The number of carboxylic acid groups (broad SMARTS) is 2. The highest BCUT2D eigenvalue weighted by Crippen LogP contribution is 2.11. The second kappa shape index (κ2) is 5.89. The van der Waals surface area contributed by atoms with Crippen LogP contribution in [0.3, 0.4) is 0 Å². The Morgan fingerprint density at radius 3 is 1.95 bits per heavy atom. The van der Waals surface area contributed by atoms with Crippen LogP contribution < -0.4 is 0 Å². The van der Waals surface area contributed by atoms with Gasteiger partial charge in [-0.15, -0.1) is 0 Å². The maximum Gasteiger partial charge on any atom is 0.323 e. The number of hydrogen-bond acceptors (Lipinski definition) is 3. The average molecular weight is 273 g/mol. The summed E-state index contributed by atoms with van der Waals surface area (Å²) < 4.78 is 25.6. The Kier molecular flexibility index (Phi) is 4.51. The molecule has 1 rings (SSSR count). The number of amides is 1. The minimum Gasteiger partial charge on any atom is -0.480 e. The zero-order chi connectivity index (χ0) is 14.6. The predicted octanol–water partition coefficient (Wildman–Crippen LogP) is 0.576. The van der Waals surface area contributed by atoms with Gasteiger partial charge >= 0.3 is 11.9 Å². The first-order valence-electron chi connectivity index (χ1n) is 4.99. The van der Waals surface area contributed by atoms with Gasteiger partial charge in [0.2, 0.25) is 0 Å². The molecule has 2 N–H and O–H groups in total. The summed E-state index contributed by atoms with van der Waals surface area (Å²) in [7, 11) is 0.